The van der Waals surface area contributed by atoms with E-state index in [9.17, 15) is 9.59 Å². The molecular formula is C19H28N2O3. The third-order valence-corrected chi connectivity index (χ3v) is 4.65. The molecular weight excluding hydrogens is 304 g/mol. The molecule has 0 saturated carbocycles. The van der Waals surface area contributed by atoms with Gasteiger partial charge in [0.1, 0.15) is 0 Å². The number of aryl methyl sites for hydroxylation is 1. The minimum absolute atomic E-state index is 0.139. The highest BCUT2D eigenvalue weighted by Crippen LogP contribution is 2.18. The first kappa shape index (κ1) is 18.6. The van der Waals surface area contributed by atoms with Crippen molar-refractivity contribution in [2.24, 2.45) is 0 Å². The molecule has 1 aliphatic heterocycles. The van der Waals surface area contributed by atoms with Crippen LogP contribution in [0.1, 0.15) is 35.2 Å². The van der Waals surface area contributed by atoms with Gasteiger partial charge >= 0.3 is 0 Å². The lowest BCUT2D eigenvalue weighted by atomic mass is 10.0. The Bertz CT molecular complexity index is 548. The zero-order chi connectivity index (χ0) is 17.5. The highest BCUT2D eigenvalue weighted by Gasteiger charge is 2.30. The van der Waals surface area contributed by atoms with E-state index in [0.29, 0.717) is 18.7 Å². The molecule has 1 amide bonds. The molecule has 5 heteroatoms. The number of nitrogens with zero attached hydrogens (tertiary/aromatic N) is 2. The van der Waals surface area contributed by atoms with Crippen LogP contribution >= 0.6 is 0 Å². The average molecular weight is 332 g/mol. The maximum Gasteiger partial charge on any atom is 0.295 e. The van der Waals surface area contributed by atoms with Crippen molar-refractivity contribution in [1.29, 1.82) is 0 Å². The first-order chi connectivity index (χ1) is 11.5. The molecule has 0 aliphatic carbocycles. The summed E-state index contributed by atoms with van der Waals surface area (Å²) in [5.41, 5.74) is 1.54. The molecule has 1 aromatic carbocycles. The van der Waals surface area contributed by atoms with Crippen molar-refractivity contribution in [2.75, 3.05) is 40.4 Å². The van der Waals surface area contributed by atoms with Gasteiger partial charge in [0, 0.05) is 31.9 Å². The number of hydrogen-bond acceptors (Lipinski definition) is 4. The summed E-state index contributed by atoms with van der Waals surface area (Å²) in [7, 11) is 3.74. The van der Waals surface area contributed by atoms with E-state index in [1.165, 1.54) is 0 Å². The van der Waals surface area contributed by atoms with Crippen molar-refractivity contribution in [1.82, 2.24) is 9.80 Å². The summed E-state index contributed by atoms with van der Waals surface area (Å²) in [6, 6.07) is 7.34. The molecule has 5 nitrogen and oxygen atoms in total. The zero-order valence-electron chi connectivity index (χ0n) is 15.0. The first-order valence-electron chi connectivity index (χ1n) is 8.62. The highest BCUT2D eigenvalue weighted by molar-refractivity contribution is 6.42. The van der Waals surface area contributed by atoms with Gasteiger partial charge in [0.2, 0.25) is 5.78 Å². The molecule has 0 N–H and O–H groups in total. The number of likely N-dealkylation sites (tertiary alicyclic amines) is 1. The van der Waals surface area contributed by atoms with E-state index < -0.39 is 5.78 Å². The summed E-state index contributed by atoms with van der Waals surface area (Å²) < 4.78 is 5.10. The predicted molar refractivity (Wildman–Crippen MR) is 94.2 cm³/mol. The van der Waals surface area contributed by atoms with Crippen molar-refractivity contribution >= 4 is 11.7 Å². The van der Waals surface area contributed by atoms with Crippen LogP contribution in [-0.4, -0.2) is 67.9 Å². The fourth-order valence-electron chi connectivity index (χ4n) is 3.09. The van der Waals surface area contributed by atoms with Crippen LogP contribution in [0.3, 0.4) is 0 Å². The van der Waals surface area contributed by atoms with Crippen molar-refractivity contribution in [3.63, 3.8) is 0 Å². The number of hydrogen-bond donors (Lipinski definition) is 0. The van der Waals surface area contributed by atoms with E-state index in [1.807, 2.05) is 19.1 Å². The summed E-state index contributed by atoms with van der Waals surface area (Å²) in [6.45, 7) is 5.04. The number of amides is 1. The Kier molecular flexibility index (Phi) is 6.94. The Morgan fingerprint density at radius 2 is 1.83 bits per heavy atom. The topological polar surface area (TPSA) is 49.9 Å². The van der Waals surface area contributed by atoms with Crippen LogP contribution in [-0.2, 0) is 9.53 Å². The number of carbonyl (C=O) groups excluding carboxylic acids is 2. The largest absolute Gasteiger partial charge is 0.385 e. The van der Waals surface area contributed by atoms with Crippen molar-refractivity contribution in [3.8, 4) is 0 Å². The average Bonchev–Trinajstić information content (AvgIpc) is 2.59. The second-order valence-corrected chi connectivity index (χ2v) is 6.57. The van der Waals surface area contributed by atoms with Crippen molar-refractivity contribution < 1.29 is 14.3 Å². The second kappa shape index (κ2) is 8.94. The fourth-order valence-corrected chi connectivity index (χ4v) is 3.09. The lowest BCUT2D eigenvalue weighted by Gasteiger charge is -2.37. The van der Waals surface area contributed by atoms with Gasteiger partial charge < -0.3 is 14.5 Å². The molecule has 1 fully saturated rings. The first-order valence-corrected chi connectivity index (χ1v) is 8.62. The minimum Gasteiger partial charge on any atom is -0.385 e. The Morgan fingerprint density at radius 1 is 1.21 bits per heavy atom. The van der Waals surface area contributed by atoms with Crippen molar-refractivity contribution in [3.05, 3.63) is 35.4 Å². The third kappa shape index (κ3) is 4.89. The van der Waals surface area contributed by atoms with Gasteiger partial charge in [0.15, 0.2) is 0 Å². The molecule has 0 radical (unpaired) electrons. The molecule has 0 spiro atoms. The van der Waals surface area contributed by atoms with Gasteiger partial charge in [0.25, 0.3) is 5.91 Å². The summed E-state index contributed by atoms with van der Waals surface area (Å²) >= 11 is 0. The number of methoxy groups -OCH3 is 1. The lowest BCUT2D eigenvalue weighted by molar-refractivity contribution is -0.129. The molecule has 0 atom stereocenters. The maximum absolute atomic E-state index is 12.8. The minimum atomic E-state index is -0.411. The molecule has 0 unspecified atom stereocenters. The molecule has 2 rings (SSSR count). The van der Waals surface area contributed by atoms with E-state index in [1.54, 1.807) is 24.1 Å². The normalized spacial score (nSPS) is 16.1. The Morgan fingerprint density at radius 3 is 2.42 bits per heavy atom. The predicted octanol–water partition coefficient (Wildman–Crippen LogP) is 2.14. The molecule has 1 saturated heterocycles. The monoisotopic (exact) mass is 332 g/mol. The van der Waals surface area contributed by atoms with E-state index in [0.717, 1.165) is 37.9 Å². The van der Waals surface area contributed by atoms with Crippen LogP contribution < -0.4 is 0 Å². The van der Waals surface area contributed by atoms with Crippen LogP contribution in [0.2, 0.25) is 0 Å². The van der Waals surface area contributed by atoms with E-state index in [-0.39, 0.29) is 11.9 Å². The number of Topliss-reactive ketones (excluding diaryl/α,β-unsaturated/α-hetero) is 1. The summed E-state index contributed by atoms with van der Waals surface area (Å²) in [5, 5.41) is 0. The summed E-state index contributed by atoms with van der Waals surface area (Å²) in [6.07, 6.45) is 2.57. The van der Waals surface area contributed by atoms with Gasteiger partial charge in [-0.25, -0.2) is 0 Å². The standard InChI is InChI=1S/C19H28N2O3/c1-15-5-7-16(8-6-15)18(22)19(23)21(11-4-14-24-3)17-9-12-20(2)13-10-17/h5-8,17H,4,9-14H2,1-3H3. The zero-order valence-corrected chi connectivity index (χ0v) is 15.0. The molecule has 24 heavy (non-hydrogen) atoms. The van der Waals surface area contributed by atoms with Crippen LogP contribution in [0, 0.1) is 6.92 Å². The van der Waals surface area contributed by atoms with Crippen LogP contribution in [0.15, 0.2) is 24.3 Å². The third-order valence-electron chi connectivity index (χ3n) is 4.65. The van der Waals surface area contributed by atoms with Gasteiger partial charge in [-0.3, -0.25) is 9.59 Å². The molecule has 132 valence electrons. The second-order valence-electron chi connectivity index (χ2n) is 6.57. The SMILES string of the molecule is COCCCN(C(=O)C(=O)c1ccc(C)cc1)C1CCN(C)CC1. The van der Waals surface area contributed by atoms with Crippen LogP contribution in [0.25, 0.3) is 0 Å². The number of ether oxygens (including phenoxy) is 1. The number of carbonyl (C=O) groups is 2. The lowest BCUT2D eigenvalue weighted by Crippen LogP contribution is -2.49. The molecule has 0 aromatic heterocycles. The Hall–Kier alpha value is -1.72. The van der Waals surface area contributed by atoms with E-state index in [4.69, 9.17) is 4.74 Å². The Labute approximate surface area is 144 Å². The summed E-state index contributed by atoms with van der Waals surface area (Å²) in [4.78, 5) is 29.5. The van der Waals surface area contributed by atoms with E-state index in [2.05, 4.69) is 11.9 Å². The quantitative estimate of drug-likeness (QED) is 0.436. The molecule has 1 aromatic rings. The molecule has 0 bridgehead atoms. The van der Waals surface area contributed by atoms with Gasteiger partial charge in [-0.05, 0) is 46.3 Å². The van der Waals surface area contributed by atoms with E-state index >= 15 is 0 Å². The Balaban J connectivity index is 2.10. The maximum atomic E-state index is 12.8. The number of ketones is 1. The number of rotatable bonds is 7. The molecule has 1 heterocycles. The number of benzene rings is 1. The van der Waals surface area contributed by atoms with Crippen molar-refractivity contribution in [2.45, 2.75) is 32.2 Å². The van der Waals surface area contributed by atoms with Crippen LogP contribution in [0.4, 0.5) is 0 Å². The van der Waals surface area contributed by atoms with Crippen LogP contribution in [0.5, 0.6) is 0 Å². The van der Waals surface area contributed by atoms with Gasteiger partial charge in [-0.1, -0.05) is 29.8 Å². The van der Waals surface area contributed by atoms with Gasteiger partial charge in [-0.2, -0.15) is 0 Å². The summed E-state index contributed by atoms with van der Waals surface area (Å²) in [5.74, 6) is -0.796. The smallest absolute Gasteiger partial charge is 0.295 e. The van der Waals surface area contributed by atoms with Gasteiger partial charge in [0.05, 0.1) is 0 Å². The highest BCUT2D eigenvalue weighted by atomic mass is 16.5. The van der Waals surface area contributed by atoms with Gasteiger partial charge in [-0.15, -0.1) is 0 Å². The number of piperidine rings is 1. The molecule has 1 aliphatic rings. The fraction of sp³-hybridized carbons (Fsp3) is 0.579.